The summed E-state index contributed by atoms with van der Waals surface area (Å²) in [7, 11) is -3.33. The lowest BCUT2D eigenvalue weighted by Crippen LogP contribution is -2.49. The van der Waals surface area contributed by atoms with Crippen molar-refractivity contribution in [1.82, 2.24) is 4.72 Å². The summed E-state index contributed by atoms with van der Waals surface area (Å²) in [5.41, 5.74) is 9.01. The van der Waals surface area contributed by atoms with E-state index in [9.17, 15) is 8.42 Å². The minimum absolute atomic E-state index is 0.0265. The van der Waals surface area contributed by atoms with Gasteiger partial charge in [0.15, 0.2) is 0 Å². The number of hydrogen-bond donors (Lipinski definition) is 2. The molecule has 3 N–H and O–H groups in total. The number of nitrogens with two attached hydrogens (primary N) is 1. The fourth-order valence-electron chi connectivity index (χ4n) is 2.95. The number of sulfonamides is 1. The van der Waals surface area contributed by atoms with Crippen molar-refractivity contribution in [2.24, 2.45) is 5.73 Å². The second-order valence-corrected chi connectivity index (χ2v) is 7.68. The van der Waals surface area contributed by atoms with Crippen LogP contribution in [0.4, 0.5) is 0 Å². The molecule has 112 valence electrons. The van der Waals surface area contributed by atoms with E-state index >= 15 is 0 Å². The highest BCUT2D eigenvalue weighted by Crippen LogP contribution is 2.19. The molecular weight excluding hydrogens is 272 g/mol. The quantitative estimate of drug-likeness (QED) is 0.892. The molecule has 1 aliphatic carbocycles. The van der Waals surface area contributed by atoms with Crippen LogP contribution in [-0.2, 0) is 15.8 Å². The third-order valence-electron chi connectivity index (χ3n) is 3.79. The Hall–Kier alpha value is -0.910. The van der Waals surface area contributed by atoms with Gasteiger partial charge in [-0.05, 0) is 32.3 Å². The standard InChI is InChI=1S/C15H24N2O2S/c1-11-7-12(2)9-13(8-11)10-20(18,19)17-15-6-4-3-5-14(15)16/h7-9,14-15,17H,3-6,10,16H2,1-2H3. The van der Waals surface area contributed by atoms with Gasteiger partial charge >= 0.3 is 0 Å². The molecule has 0 amide bonds. The van der Waals surface area contributed by atoms with E-state index in [-0.39, 0.29) is 17.8 Å². The summed E-state index contributed by atoms with van der Waals surface area (Å²) in [5, 5.41) is 0. The zero-order chi connectivity index (χ0) is 14.8. The molecule has 0 bridgehead atoms. The Labute approximate surface area is 121 Å². The maximum absolute atomic E-state index is 12.3. The van der Waals surface area contributed by atoms with Gasteiger partial charge in [-0.1, -0.05) is 42.2 Å². The second kappa shape index (κ2) is 6.24. The number of nitrogens with one attached hydrogen (secondary N) is 1. The first kappa shape index (κ1) is 15.5. The smallest absolute Gasteiger partial charge is 0.216 e. The van der Waals surface area contributed by atoms with Gasteiger partial charge in [0.25, 0.3) is 0 Å². The lowest BCUT2D eigenvalue weighted by Gasteiger charge is -2.29. The van der Waals surface area contributed by atoms with Gasteiger partial charge in [0.05, 0.1) is 5.75 Å². The molecule has 1 aromatic carbocycles. The van der Waals surface area contributed by atoms with Crippen molar-refractivity contribution in [3.8, 4) is 0 Å². The summed E-state index contributed by atoms with van der Waals surface area (Å²) in [5.74, 6) is 0.0265. The normalized spacial score (nSPS) is 23.8. The van der Waals surface area contributed by atoms with Gasteiger partial charge in [-0.3, -0.25) is 0 Å². The fraction of sp³-hybridized carbons (Fsp3) is 0.600. The van der Waals surface area contributed by atoms with Crippen molar-refractivity contribution in [3.05, 3.63) is 34.9 Å². The van der Waals surface area contributed by atoms with Crippen molar-refractivity contribution < 1.29 is 8.42 Å². The third-order valence-corrected chi connectivity index (χ3v) is 5.16. The highest BCUT2D eigenvalue weighted by Gasteiger charge is 2.26. The van der Waals surface area contributed by atoms with Gasteiger partial charge < -0.3 is 5.73 Å². The lowest BCUT2D eigenvalue weighted by molar-refractivity contribution is 0.361. The summed E-state index contributed by atoms with van der Waals surface area (Å²) in [4.78, 5) is 0. The van der Waals surface area contributed by atoms with E-state index in [1.54, 1.807) is 0 Å². The summed E-state index contributed by atoms with van der Waals surface area (Å²) in [6, 6.07) is 5.72. The van der Waals surface area contributed by atoms with E-state index in [4.69, 9.17) is 5.73 Å². The molecule has 0 saturated heterocycles. The Morgan fingerprint density at radius 1 is 1.15 bits per heavy atom. The van der Waals surface area contributed by atoms with E-state index in [2.05, 4.69) is 4.72 Å². The Morgan fingerprint density at radius 3 is 2.35 bits per heavy atom. The molecular formula is C15H24N2O2S. The first-order valence-corrected chi connectivity index (χ1v) is 8.84. The molecule has 1 saturated carbocycles. The van der Waals surface area contributed by atoms with Crippen LogP contribution in [0.2, 0.25) is 0 Å². The molecule has 2 rings (SSSR count). The van der Waals surface area contributed by atoms with Crippen LogP contribution < -0.4 is 10.5 Å². The highest BCUT2D eigenvalue weighted by molar-refractivity contribution is 7.88. The zero-order valence-corrected chi connectivity index (χ0v) is 13.0. The minimum Gasteiger partial charge on any atom is -0.326 e. The van der Waals surface area contributed by atoms with Crippen molar-refractivity contribution >= 4 is 10.0 Å². The monoisotopic (exact) mass is 296 g/mol. The Bertz CT molecular complexity index is 549. The molecule has 20 heavy (non-hydrogen) atoms. The average Bonchev–Trinajstić information content (AvgIpc) is 2.29. The van der Waals surface area contributed by atoms with Gasteiger partial charge in [0, 0.05) is 12.1 Å². The van der Waals surface area contributed by atoms with Crippen molar-refractivity contribution in [1.29, 1.82) is 0 Å². The summed E-state index contributed by atoms with van der Waals surface area (Å²) >= 11 is 0. The zero-order valence-electron chi connectivity index (χ0n) is 12.2. The largest absolute Gasteiger partial charge is 0.326 e. The Balaban J connectivity index is 2.06. The predicted molar refractivity (Wildman–Crippen MR) is 81.9 cm³/mol. The summed E-state index contributed by atoms with van der Waals surface area (Å²) < 4.78 is 27.3. The van der Waals surface area contributed by atoms with Gasteiger partial charge in [-0.2, -0.15) is 0 Å². The van der Waals surface area contributed by atoms with Crippen molar-refractivity contribution in [2.45, 2.75) is 57.4 Å². The molecule has 0 spiro atoms. The van der Waals surface area contributed by atoms with Crippen LogP contribution in [0.5, 0.6) is 0 Å². The van der Waals surface area contributed by atoms with E-state index < -0.39 is 10.0 Å². The number of aryl methyl sites for hydroxylation is 2. The van der Waals surface area contributed by atoms with Crippen LogP contribution in [0.15, 0.2) is 18.2 Å². The van der Waals surface area contributed by atoms with Crippen LogP contribution in [-0.4, -0.2) is 20.5 Å². The molecule has 2 atom stereocenters. The first-order chi connectivity index (χ1) is 9.35. The maximum atomic E-state index is 12.3. The van der Waals surface area contributed by atoms with Gasteiger partial charge in [-0.15, -0.1) is 0 Å². The minimum atomic E-state index is -3.33. The average molecular weight is 296 g/mol. The van der Waals surface area contributed by atoms with Gasteiger partial charge in [-0.25, -0.2) is 13.1 Å². The third kappa shape index (κ3) is 4.30. The van der Waals surface area contributed by atoms with Crippen molar-refractivity contribution in [3.63, 3.8) is 0 Å². The molecule has 5 heteroatoms. The molecule has 1 fully saturated rings. The molecule has 1 aliphatic rings. The van der Waals surface area contributed by atoms with E-state index in [1.165, 1.54) is 0 Å². The highest BCUT2D eigenvalue weighted by atomic mass is 32.2. The summed E-state index contributed by atoms with van der Waals surface area (Å²) in [6.07, 6.45) is 3.88. The number of benzene rings is 1. The van der Waals surface area contributed by atoms with Crippen LogP contribution in [0.25, 0.3) is 0 Å². The number of rotatable bonds is 4. The maximum Gasteiger partial charge on any atom is 0.216 e. The van der Waals surface area contributed by atoms with Crippen LogP contribution in [0, 0.1) is 13.8 Å². The fourth-order valence-corrected chi connectivity index (χ4v) is 4.39. The van der Waals surface area contributed by atoms with Crippen LogP contribution in [0.1, 0.15) is 42.4 Å². The van der Waals surface area contributed by atoms with Gasteiger partial charge in [0.1, 0.15) is 0 Å². The Morgan fingerprint density at radius 2 is 1.75 bits per heavy atom. The SMILES string of the molecule is Cc1cc(C)cc(CS(=O)(=O)NC2CCCCC2N)c1. The van der Waals surface area contributed by atoms with E-state index in [0.29, 0.717) is 0 Å². The molecule has 0 aliphatic heterocycles. The number of hydrogen-bond acceptors (Lipinski definition) is 3. The molecule has 0 heterocycles. The van der Waals surface area contributed by atoms with E-state index in [1.807, 2.05) is 32.0 Å². The molecule has 1 aromatic rings. The second-order valence-electron chi connectivity index (χ2n) is 5.93. The molecule has 4 nitrogen and oxygen atoms in total. The molecule has 0 aromatic heterocycles. The van der Waals surface area contributed by atoms with Crippen molar-refractivity contribution in [2.75, 3.05) is 0 Å². The Kier molecular flexibility index (Phi) is 4.83. The predicted octanol–water partition coefficient (Wildman–Crippen LogP) is 1.99. The first-order valence-electron chi connectivity index (χ1n) is 7.18. The lowest BCUT2D eigenvalue weighted by atomic mass is 9.92. The van der Waals surface area contributed by atoms with Crippen LogP contribution >= 0.6 is 0 Å². The summed E-state index contributed by atoms with van der Waals surface area (Å²) in [6.45, 7) is 3.96. The van der Waals surface area contributed by atoms with Gasteiger partial charge in [0.2, 0.25) is 10.0 Å². The molecule has 0 radical (unpaired) electrons. The molecule has 2 unspecified atom stereocenters. The topological polar surface area (TPSA) is 72.2 Å². The van der Waals surface area contributed by atoms with E-state index in [0.717, 1.165) is 42.4 Å². The van der Waals surface area contributed by atoms with Crippen LogP contribution in [0.3, 0.4) is 0 Å².